The number of hydrogen-bond acceptors (Lipinski definition) is 5. The molecule has 11 aromatic rings. The highest BCUT2D eigenvalue weighted by Gasteiger charge is 2.16. The molecule has 5 nitrogen and oxygen atoms in total. The molecule has 0 fully saturated rings. The molecule has 0 saturated heterocycles. The molecular formula is C63H47N5. The minimum absolute atomic E-state index is 0.552. The quantitative estimate of drug-likeness (QED) is 0.130. The fraction of sp³-hybridized carbons (Fsp3) is 0.0635. The molecule has 324 valence electrons. The molecule has 5 heteroatoms. The molecule has 8 aromatic carbocycles. The Morgan fingerprint density at radius 1 is 0.294 bits per heavy atom. The van der Waals surface area contributed by atoms with Gasteiger partial charge in [-0.25, -0.2) is 19.9 Å². The van der Waals surface area contributed by atoms with Crippen LogP contribution in [0.25, 0.3) is 112 Å². The predicted molar refractivity (Wildman–Crippen MR) is 280 cm³/mol. The smallest absolute Gasteiger partial charge is 0.160 e. The van der Waals surface area contributed by atoms with E-state index in [4.69, 9.17) is 24.9 Å². The van der Waals surface area contributed by atoms with E-state index in [1.165, 1.54) is 10.9 Å². The van der Waals surface area contributed by atoms with E-state index in [0.717, 1.165) is 101 Å². The highest BCUT2D eigenvalue weighted by atomic mass is 14.9. The Morgan fingerprint density at radius 3 is 1.37 bits per heavy atom. The van der Waals surface area contributed by atoms with Gasteiger partial charge in [-0.3, -0.25) is 4.98 Å². The third-order valence-corrected chi connectivity index (χ3v) is 12.3. The van der Waals surface area contributed by atoms with Crippen LogP contribution in [0.1, 0.15) is 19.4 Å². The van der Waals surface area contributed by atoms with E-state index in [-0.39, 0.29) is 0 Å². The average Bonchev–Trinajstić information content (AvgIpc) is 3.41. The van der Waals surface area contributed by atoms with E-state index in [9.17, 15) is 0 Å². The number of pyridine rings is 1. The van der Waals surface area contributed by atoms with Crippen molar-refractivity contribution in [2.24, 2.45) is 5.92 Å². The topological polar surface area (TPSA) is 64.5 Å². The van der Waals surface area contributed by atoms with E-state index in [2.05, 4.69) is 202 Å². The van der Waals surface area contributed by atoms with E-state index in [0.29, 0.717) is 17.6 Å². The predicted octanol–water partition coefficient (Wildman–Crippen LogP) is 16.0. The minimum Gasteiger partial charge on any atom is -0.256 e. The fourth-order valence-corrected chi connectivity index (χ4v) is 8.96. The van der Waals surface area contributed by atoms with Crippen LogP contribution in [0, 0.1) is 5.92 Å². The summed E-state index contributed by atoms with van der Waals surface area (Å²) in [4.78, 5) is 25.5. The van der Waals surface area contributed by atoms with Crippen LogP contribution in [0.2, 0.25) is 0 Å². The molecule has 3 aromatic heterocycles. The van der Waals surface area contributed by atoms with E-state index < -0.39 is 0 Å². The Kier molecular flexibility index (Phi) is 11.5. The number of benzene rings is 8. The number of rotatable bonds is 11. The molecule has 0 bridgehead atoms. The van der Waals surface area contributed by atoms with Crippen LogP contribution >= 0.6 is 0 Å². The molecule has 0 radical (unpaired) electrons. The van der Waals surface area contributed by atoms with Gasteiger partial charge in [0.05, 0.1) is 28.5 Å². The van der Waals surface area contributed by atoms with Gasteiger partial charge in [-0.15, -0.1) is 0 Å². The van der Waals surface area contributed by atoms with Crippen molar-refractivity contribution < 1.29 is 0 Å². The van der Waals surface area contributed by atoms with Crippen LogP contribution in [0.15, 0.2) is 231 Å². The van der Waals surface area contributed by atoms with Crippen LogP contribution in [0.4, 0.5) is 0 Å². The van der Waals surface area contributed by atoms with E-state index >= 15 is 0 Å². The Bertz CT molecular complexity index is 3570. The molecule has 0 unspecified atom stereocenters. The highest BCUT2D eigenvalue weighted by molar-refractivity contribution is 5.88. The van der Waals surface area contributed by atoms with E-state index in [1.807, 2.05) is 42.6 Å². The molecule has 0 spiro atoms. The van der Waals surface area contributed by atoms with Crippen LogP contribution in [0.3, 0.4) is 0 Å². The molecule has 0 N–H and O–H groups in total. The highest BCUT2D eigenvalue weighted by Crippen LogP contribution is 2.37. The standard InChI is InChI=1S/C63H47N5/c1-42(2)32-43-16-13-25-50(33-43)59-41-61(67-62(66-59)46-20-7-4-8-21-46)52-27-15-24-49(35-52)55-37-54(38-56(39-55)57-28-11-12-31-64-57)48-23-14-26-51(34-48)60-40-58(45-18-5-3-6-19-45)65-63(68-60)53-30-29-44-17-9-10-22-47(44)36-53/h3-31,33-42H,32H2,1-2H3. The van der Waals surface area contributed by atoms with Gasteiger partial charge in [0, 0.05) is 45.1 Å². The summed E-state index contributed by atoms with van der Waals surface area (Å²) in [5.41, 5.74) is 17.1. The Labute approximate surface area is 397 Å². The second-order valence-electron chi connectivity index (χ2n) is 17.7. The molecule has 0 aliphatic heterocycles. The van der Waals surface area contributed by atoms with Crippen molar-refractivity contribution in [1.29, 1.82) is 0 Å². The van der Waals surface area contributed by atoms with Gasteiger partial charge in [-0.05, 0) is 118 Å². The van der Waals surface area contributed by atoms with Crippen molar-refractivity contribution in [3.63, 3.8) is 0 Å². The van der Waals surface area contributed by atoms with Gasteiger partial charge in [-0.2, -0.15) is 0 Å². The summed E-state index contributed by atoms with van der Waals surface area (Å²) >= 11 is 0. The second-order valence-corrected chi connectivity index (χ2v) is 17.7. The third-order valence-electron chi connectivity index (χ3n) is 12.3. The molecule has 68 heavy (non-hydrogen) atoms. The van der Waals surface area contributed by atoms with Crippen LogP contribution in [-0.4, -0.2) is 24.9 Å². The maximum Gasteiger partial charge on any atom is 0.160 e. The van der Waals surface area contributed by atoms with Crippen LogP contribution in [-0.2, 0) is 6.42 Å². The normalized spacial score (nSPS) is 11.3. The Morgan fingerprint density at radius 2 is 0.765 bits per heavy atom. The SMILES string of the molecule is CC(C)Cc1cccc(-c2cc(-c3cccc(-c4cc(-c5cccc(-c6cc(-c7ccccc7)nc(-c7ccc8ccccc8c7)n6)c5)cc(-c5ccccn5)c4)c3)nc(-c3ccccc3)n2)c1. The third kappa shape index (κ3) is 9.11. The Hall–Kier alpha value is -8.67. The lowest BCUT2D eigenvalue weighted by atomic mass is 9.92. The van der Waals surface area contributed by atoms with Crippen LogP contribution in [0.5, 0.6) is 0 Å². The first-order valence-corrected chi connectivity index (χ1v) is 23.2. The lowest BCUT2D eigenvalue weighted by Crippen LogP contribution is -1.98. The zero-order valence-corrected chi connectivity index (χ0v) is 38.0. The summed E-state index contributed by atoms with van der Waals surface area (Å²) < 4.78 is 0. The van der Waals surface area contributed by atoms with E-state index in [1.54, 1.807) is 0 Å². The first-order chi connectivity index (χ1) is 33.5. The zero-order valence-electron chi connectivity index (χ0n) is 38.0. The van der Waals surface area contributed by atoms with Crippen molar-refractivity contribution in [2.45, 2.75) is 20.3 Å². The number of fused-ring (bicyclic) bond motifs is 1. The number of aromatic nitrogens is 5. The second kappa shape index (κ2) is 18.7. The van der Waals surface area contributed by atoms with Crippen molar-refractivity contribution in [2.75, 3.05) is 0 Å². The molecule has 0 atom stereocenters. The molecule has 11 rings (SSSR count). The summed E-state index contributed by atoms with van der Waals surface area (Å²) in [6.45, 7) is 4.51. The monoisotopic (exact) mass is 873 g/mol. The summed E-state index contributed by atoms with van der Waals surface area (Å²) in [7, 11) is 0. The van der Waals surface area contributed by atoms with Crippen LogP contribution < -0.4 is 0 Å². The van der Waals surface area contributed by atoms with Crippen molar-refractivity contribution in [1.82, 2.24) is 24.9 Å². The maximum absolute atomic E-state index is 5.24. The zero-order chi connectivity index (χ0) is 45.8. The maximum atomic E-state index is 5.24. The van der Waals surface area contributed by atoms with Crippen molar-refractivity contribution >= 4 is 10.8 Å². The first kappa shape index (κ1) is 42.0. The van der Waals surface area contributed by atoms with Crippen molar-refractivity contribution in [3.8, 4) is 101 Å². The van der Waals surface area contributed by atoms with Gasteiger partial charge in [0.1, 0.15) is 0 Å². The molecule has 3 heterocycles. The van der Waals surface area contributed by atoms with Gasteiger partial charge in [-0.1, -0.05) is 172 Å². The molecular weight excluding hydrogens is 827 g/mol. The van der Waals surface area contributed by atoms with Gasteiger partial charge >= 0.3 is 0 Å². The number of hydrogen-bond donors (Lipinski definition) is 0. The molecule has 0 aliphatic carbocycles. The molecule has 0 aliphatic rings. The Balaban J connectivity index is 1.02. The first-order valence-electron chi connectivity index (χ1n) is 23.2. The lowest BCUT2D eigenvalue weighted by Gasteiger charge is -2.14. The van der Waals surface area contributed by atoms with Gasteiger partial charge in [0.15, 0.2) is 11.6 Å². The molecule has 0 amide bonds. The van der Waals surface area contributed by atoms with Gasteiger partial charge in [0.2, 0.25) is 0 Å². The minimum atomic E-state index is 0.552. The summed E-state index contributed by atoms with van der Waals surface area (Å²) in [6.07, 6.45) is 2.86. The van der Waals surface area contributed by atoms with Gasteiger partial charge in [0.25, 0.3) is 0 Å². The fourth-order valence-electron chi connectivity index (χ4n) is 8.96. The largest absolute Gasteiger partial charge is 0.256 e. The lowest BCUT2D eigenvalue weighted by molar-refractivity contribution is 0.647. The number of nitrogens with zero attached hydrogens (tertiary/aromatic N) is 5. The van der Waals surface area contributed by atoms with Gasteiger partial charge < -0.3 is 0 Å². The molecule has 0 saturated carbocycles. The summed E-state index contributed by atoms with van der Waals surface area (Å²) in [5, 5.41) is 2.33. The summed E-state index contributed by atoms with van der Waals surface area (Å²) in [6, 6.07) is 78.6. The van der Waals surface area contributed by atoms with Crippen molar-refractivity contribution in [3.05, 3.63) is 236 Å². The average molecular weight is 874 g/mol. The summed E-state index contributed by atoms with van der Waals surface area (Å²) in [5.74, 6) is 1.93.